The first kappa shape index (κ1) is 1.70. The molecule has 0 radical (unpaired) electrons. The number of rotatable bonds is 0. The van der Waals surface area contributed by atoms with Crippen LogP contribution in [0.3, 0.4) is 0 Å². The zero-order chi connectivity index (χ0) is 2.99. The van der Waals surface area contributed by atoms with Gasteiger partial charge in [0.1, 0.15) is 0 Å². The Labute approximate surface area is 24.1 Å². The molecule has 0 spiro atoms. The topological polar surface area (TPSA) is 23.9 Å². The number of hydrogen-bond donors (Lipinski definition) is 1. The minimum Gasteiger partial charge on any atom is -0.301 e. The molecule has 0 atom stereocenters. The van der Waals surface area contributed by atoms with E-state index in [-0.39, 0.29) is 0 Å². The molecule has 0 unspecified atom stereocenters. The van der Waals surface area contributed by atoms with Crippen LogP contribution >= 0.6 is 0 Å². The molecule has 0 amide bonds. The van der Waals surface area contributed by atoms with E-state index < -0.39 is 0 Å². The van der Waals surface area contributed by atoms with Gasteiger partial charge in [-0.3, -0.25) is 0 Å². The minimum atomic E-state index is 0.667. The summed E-state index contributed by atoms with van der Waals surface area (Å²) in [6.07, 6.45) is 0. The van der Waals surface area contributed by atoms with Gasteiger partial charge in [-0.1, -0.05) is 0 Å². The molecule has 0 aliphatic heterocycles. The molecular weight excluding hydrogens is 50.0 g/mol. The van der Waals surface area contributed by atoms with Crippen molar-refractivity contribution in [2.24, 2.45) is 0 Å². The van der Waals surface area contributed by atoms with Crippen molar-refractivity contribution in [3.05, 3.63) is 17.5 Å². The minimum absolute atomic E-state index is 0.667. The van der Waals surface area contributed by atoms with Gasteiger partial charge in [0, 0.05) is 0 Å². The highest BCUT2D eigenvalue weighted by atomic mass is 14.3. The van der Waals surface area contributed by atoms with E-state index in [1.807, 2.05) is 0 Å². The van der Waals surface area contributed by atoms with Crippen molar-refractivity contribution < 1.29 is 0 Å². The van der Waals surface area contributed by atoms with Crippen LogP contribution < -0.4 is 5.36 Å². The summed E-state index contributed by atoms with van der Waals surface area (Å²) in [5, 5.41) is 7.17. The zero-order valence-corrected chi connectivity index (χ0v) is 2.15. The van der Waals surface area contributed by atoms with Gasteiger partial charge >= 0.3 is 0 Å². The summed E-state index contributed by atoms with van der Waals surface area (Å²) < 4.78 is 0. The van der Waals surface area contributed by atoms with Crippen LogP contribution in [0.4, 0.5) is 0 Å². The Balaban J connectivity index is 3.55. The van der Waals surface area contributed by atoms with Gasteiger partial charge in [-0.05, 0) is 12.1 Å². The first-order valence-electron chi connectivity index (χ1n) is 1.16. The van der Waals surface area contributed by atoms with Crippen molar-refractivity contribution in [1.82, 2.24) is 0 Å². The molecule has 0 aromatic heterocycles. The normalized spacial score (nSPS) is 9.00. The fraction of sp³-hybridized carbons (Fsp3) is 0. The molecule has 0 fully saturated rings. The summed E-state index contributed by atoms with van der Waals surface area (Å²) in [6.45, 7) is 0. The third-order valence-corrected chi connectivity index (χ3v) is 0.333. The first-order chi connectivity index (χ1) is 1.89. The zero-order valence-electron chi connectivity index (χ0n) is 2.15. The summed E-state index contributed by atoms with van der Waals surface area (Å²) >= 11 is 0. The largest absolute Gasteiger partial charge is 0.301 e. The molecule has 0 aliphatic rings. The maximum atomic E-state index is 6.50. The highest BCUT2D eigenvalue weighted by Gasteiger charge is 1.72. The third-order valence-electron chi connectivity index (χ3n) is 0.333. The van der Waals surface area contributed by atoms with E-state index >= 15 is 0 Å². The predicted molar refractivity (Wildman–Crippen MR) is 14.7 cm³/mol. The summed E-state index contributed by atoms with van der Waals surface area (Å²) in [6, 6.07) is 3.50. The summed E-state index contributed by atoms with van der Waals surface area (Å²) in [7, 11) is 0. The SMILES string of the molecule is N=c1cc1. The van der Waals surface area contributed by atoms with Crippen LogP contribution in [0, 0.1) is 5.41 Å². The first-order valence-corrected chi connectivity index (χ1v) is 1.16. The molecule has 1 rings (SSSR count). The maximum Gasteiger partial charge on any atom is 0.0541 e. The van der Waals surface area contributed by atoms with E-state index in [0.29, 0.717) is 5.36 Å². The molecular formula is C3H3N. The Kier molecular flexibility index (Phi) is 0.105. The maximum absolute atomic E-state index is 6.50. The highest BCUT2D eigenvalue weighted by molar-refractivity contribution is 4.96. The molecule has 1 N–H and O–H groups in total. The van der Waals surface area contributed by atoms with Gasteiger partial charge in [-0.25, -0.2) is 0 Å². The lowest BCUT2D eigenvalue weighted by Gasteiger charge is -1.19. The van der Waals surface area contributed by atoms with E-state index in [9.17, 15) is 0 Å². The average molecular weight is 53.1 g/mol. The molecule has 0 aliphatic carbocycles. The van der Waals surface area contributed by atoms with E-state index in [2.05, 4.69) is 0 Å². The smallest absolute Gasteiger partial charge is 0.0541 e. The average Bonchev–Trinajstić information content (AvgIpc) is 1.75. The lowest BCUT2D eigenvalue weighted by atomic mass is 11.1. The second-order valence-electron chi connectivity index (χ2n) is 0.789. The molecule has 20 valence electrons. The van der Waals surface area contributed by atoms with Gasteiger partial charge in [0.05, 0.1) is 5.36 Å². The van der Waals surface area contributed by atoms with Crippen molar-refractivity contribution in [3.63, 3.8) is 0 Å². The fourth-order valence-corrected chi connectivity index (χ4v) is 0.0417. The Morgan fingerprint density at radius 1 is 1.50 bits per heavy atom. The second kappa shape index (κ2) is 0.246. The van der Waals surface area contributed by atoms with Crippen molar-refractivity contribution >= 4 is 0 Å². The molecule has 0 heterocycles. The molecule has 1 aromatic rings. The van der Waals surface area contributed by atoms with E-state index in [4.69, 9.17) is 5.41 Å². The summed E-state index contributed by atoms with van der Waals surface area (Å²) in [4.78, 5) is 0. The number of nitrogens with one attached hydrogen (secondary N) is 1. The van der Waals surface area contributed by atoms with Gasteiger partial charge in [0.15, 0.2) is 0 Å². The van der Waals surface area contributed by atoms with Crippen LogP contribution in [0.2, 0.25) is 0 Å². The predicted octanol–water partition coefficient (Wildman–Crippen LogP) is 0.0417. The molecule has 1 nitrogen and oxygen atoms in total. The van der Waals surface area contributed by atoms with Crippen molar-refractivity contribution in [2.75, 3.05) is 0 Å². The van der Waals surface area contributed by atoms with Crippen LogP contribution in [0.15, 0.2) is 12.1 Å². The monoisotopic (exact) mass is 53.0 g/mol. The molecule has 4 heavy (non-hydrogen) atoms. The van der Waals surface area contributed by atoms with Crippen molar-refractivity contribution in [1.29, 1.82) is 5.41 Å². The Hall–Kier alpha value is -0.590. The third kappa shape index (κ3) is 0.0408. The van der Waals surface area contributed by atoms with Gasteiger partial charge in [0.25, 0.3) is 0 Å². The van der Waals surface area contributed by atoms with Gasteiger partial charge in [-0.15, -0.1) is 0 Å². The van der Waals surface area contributed by atoms with E-state index in [1.54, 1.807) is 12.1 Å². The lowest BCUT2D eigenvalue weighted by molar-refractivity contribution is 1.37. The summed E-state index contributed by atoms with van der Waals surface area (Å²) in [5.41, 5.74) is 0. The molecule has 0 saturated heterocycles. The standard InChI is InChI=1S/C3H3N/c4-3-1-2-3/h1-2,4H. The Morgan fingerprint density at radius 3 is 1.75 bits per heavy atom. The van der Waals surface area contributed by atoms with Crippen LogP contribution in [0.25, 0.3) is 0 Å². The summed E-state index contributed by atoms with van der Waals surface area (Å²) in [5.74, 6) is 0. The molecule has 1 heteroatoms. The van der Waals surface area contributed by atoms with Crippen LogP contribution in [0.5, 0.6) is 0 Å². The number of hydrogen-bond acceptors (Lipinski definition) is 1. The van der Waals surface area contributed by atoms with E-state index in [1.165, 1.54) is 0 Å². The van der Waals surface area contributed by atoms with E-state index in [0.717, 1.165) is 0 Å². The van der Waals surface area contributed by atoms with Crippen LogP contribution in [-0.2, 0) is 0 Å². The fourth-order valence-electron chi connectivity index (χ4n) is 0.0417. The van der Waals surface area contributed by atoms with Crippen LogP contribution in [0.1, 0.15) is 0 Å². The Bertz CT molecular complexity index is 92.1. The second-order valence-corrected chi connectivity index (χ2v) is 0.789. The van der Waals surface area contributed by atoms with Gasteiger partial charge in [-0.2, -0.15) is 0 Å². The molecule has 1 aromatic carbocycles. The quantitative estimate of drug-likeness (QED) is 0.431. The van der Waals surface area contributed by atoms with Crippen LogP contribution in [-0.4, -0.2) is 0 Å². The molecule has 0 saturated carbocycles. The van der Waals surface area contributed by atoms with Gasteiger partial charge in [0.2, 0.25) is 0 Å². The highest BCUT2D eigenvalue weighted by Crippen LogP contribution is 1.61. The van der Waals surface area contributed by atoms with Crippen molar-refractivity contribution in [3.8, 4) is 0 Å². The van der Waals surface area contributed by atoms with Crippen molar-refractivity contribution in [2.45, 2.75) is 0 Å². The van der Waals surface area contributed by atoms with Gasteiger partial charge < -0.3 is 5.41 Å². The Morgan fingerprint density at radius 2 is 1.75 bits per heavy atom. The molecule has 0 bridgehead atoms. The lowest BCUT2D eigenvalue weighted by Crippen LogP contribution is -1.62.